The van der Waals surface area contributed by atoms with E-state index in [-0.39, 0.29) is 11.7 Å². The molecule has 0 heterocycles. The molecule has 0 unspecified atom stereocenters. The number of phenols is 1. The summed E-state index contributed by atoms with van der Waals surface area (Å²) in [6, 6.07) is 13.6. The van der Waals surface area contributed by atoms with E-state index < -0.39 is 0 Å². The number of rotatable bonds is 5. The summed E-state index contributed by atoms with van der Waals surface area (Å²) < 4.78 is 5.09. The molecule has 2 rings (SSSR count). The summed E-state index contributed by atoms with van der Waals surface area (Å²) in [7, 11) is 1.55. The number of amides is 1. The highest BCUT2D eigenvalue weighted by molar-refractivity contribution is 6.02. The molecule has 5 nitrogen and oxygen atoms in total. The molecule has 22 heavy (non-hydrogen) atoms. The van der Waals surface area contributed by atoms with Crippen LogP contribution in [0, 0.1) is 0 Å². The van der Waals surface area contributed by atoms with Crippen LogP contribution in [-0.4, -0.2) is 23.8 Å². The lowest BCUT2D eigenvalue weighted by Crippen LogP contribution is -2.20. The zero-order valence-corrected chi connectivity index (χ0v) is 12.5. The van der Waals surface area contributed by atoms with Gasteiger partial charge in [0.15, 0.2) is 0 Å². The molecule has 114 valence electrons. The molecule has 0 spiro atoms. The Bertz CT molecular complexity index is 679. The van der Waals surface area contributed by atoms with Gasteiger partial charge in [0.1, 0.15) is 11.5 Å². The van der Waals surface area contributed by atoms with E-state index >= 15 is 0 Å². The number of hydrazone groups is 1. The molecule has 2 N–H and O–H groups in total. The molecular formula is C17H18N2O3. The van der Waals surface area contributed by atoms with Crippen molar-refractivity contribution in [1.82, 2.24) is 5.43 Å². The Morgan fingerprint density at radius 1 is 1.18 bits per heavy atom. The van der Waals surface area contributed by atoms with Crippen LogP contribution >= 0.6 is 0 Å². The lowest BCUT2D eigenvalue weighted by Gasteiger charge is -2.06. The van der Waals surface area contributed by atoms with Gasteiger partial charge in [-0.3, -0.25) is 4.79 Å². The first-order valence-electron chi connectivity index (χ1n) is 6.94. The number of benzene rings is 2. The summed E-state index contributed by atoms with van der Waals surface area (Å²) in [5, 5.41) is 13.5. The van der Waals surface area contributed by atoms with Gasteiger partial charge in [-0.15, -0.1) is 0 Å². The van der Waals surface area contributed by atoms with Crippen LogP contribution < -0.4 is 10.2 Å². The minimum atomic E-state index is -0.302. The number of carbonyl (C=O) groups excluding carboxylic acids is 1. The third-order valence-electron chi connectivity index (χ3n) is 3.16. The molecule has 2 aromatic carbocycles. The van der Waals surface area contributed by atoms with Crippen LogP contribution in [0.2, 0.25) is 0 Å². The van der Waals surface area contributed by atoms with Crippen molar-refractivity contribution in [1.29, 1.82) is 0 Å². The number of ether oxygens (including phenoxy) is 1. The number of aromatic hydroxyl groups is 1. The summed E-state index contributed by atoms with van der Waals surface area (Å²) in [4.78, 5) is 12.1. The SMILES string of the molecule is CCC(=NNC(=O)c1cccc(OC)c1)c1ccc(O)cc1. The molecule has 5 heteroatoms. The van der Waals surface area contributed by atoms with Crippen LogP contribution in [0.5, 0.6) is 11.5 Å². The normalized spacial score (nSPS) is 11.1. The maximum Gasteiger partial charge on any atom is 0.271 e. The van der Waals surface area contributed by atoms with Crippen LogP contribution in [0.4, 0.5) is 0 Å². The minimum absolute atomic E-state index is 0.194. The summed E-state index contributed by atoms with van der Waals surface area (Å²) in [6.07, 6.45) is 0.656. The molecule has 0 bridgehead atoms. The molecule has 0 radical (unpaired) electrons. The maximum absolute atomic E-state index is 12.1. The van der Waals surface area contributed by atoms with Crippen molar-refractivity contribution in [3.05, 3.63) is 59.7 Å². The first-order valence-corrected chi connectivity index (χ1v) is 6.94. The second kappa shape index (κ2) is 7.26. The molecular weight excluding hydrogens is 280 g/mol. The highest BCUT2D eigenvalue weighted by Crippen LogP contribution is 2.13. The van der Waals surface area contributed by atoms with Crippen molar-refractivity contribution < 1.29 is 14.6 Å². The molecule has 0 aliphatic rings. The summed E-state index contributed by atoms with van der Waals surface area (Å²) in [5.74, 6) is 0.508. The van der Waals surface area contributed by atoms with Gasteiger partial charge in [0.05, 0.1) is 12.8 Å². The second-order valence-electron chi connectivity index (χ2n) is 4.63. The number of carbonyl (C=O) groups is 1. The predicted molar refractivity (Wildman–Crippen MR) is 85.4 cm³/mol. The van der Waals surface area contributed by atoms with E-state index in [1.54, 1.807) is 55.6 Å². The van der Waals surface area contributed by atoms with Crippen LogP contribution in [0.25, 0.3) is 0 Å². The van der Waals surface area contributed by atoms with Crippen molar-refractivity contribution in [2.24, 2.45) is 5.10 Å². The Hall–Kier alpha value is -2.82. The highest BCUT2D eigenvalue weighted by atomic mass is 16.5. The lowest BCUT2D eigenvalue weighted by molar-refractivity contribution is 0.0954. The first-order chi connectivity index (χ1) is 10.6. The largest absolute Gasteiger partial charge is 0.508 e. The Balaban J connectivity index is 2.14. The van der Waals surface area contributed by atoms with Gasteiger partial charge in [-0.05, 0) is 54.4 Å². The quantitative estimate of drug-likeness (QED) is 0.658. The summed E-state index contributed by atoms with van der Waals surface area (Å²) in [5.41, 5.74) is 4.61. The van der Waals surface area contributed by atoms with Gasteiger partial charge in [-0.1, -0.05) is 13.0 Å². The van der Waals surface area contributed by atoms with E-state index in [9.17, 15) is 9.90 Å². The fraction of sp³-hybridized carbons (Fsp3) is 0.176. The number of hydrogen-bond acceptors (Lipinski definition) is 4. The monoisotopic (exact) mass is 298 g/mol. The van der Waals surface area contributed by atoms with Gasteiger partial charge in [0.2, 0.25) is 0 Å². The van der Waals surface area contributed by atoms with Gasteiger partial charge in [0.25, 0.3) is 5.91 Å². The lowest BCUT2D eigenvalue weighted by atomic mass is 10.1. The number of nitrogens with zero attached hydrogens (tertiary/aromatic N) is 1. The zero-order valence-electron chi connectivity index (χ0n) is 12.5. The van der Waals surface area contributed by atoms with Crippen LogP contribution in [0.15, 0.2) is 53.6 Å². The average molecular weight is 298 g/mol. The Morgan fingerprint density at radius 2 is 1.91 bits per heavy atom. The fourth-order valence-corrected chi connectivity index (χ4v) is 1.95. The Kier molecular flexibility index (Phi) is 5.14. The van der Waals surface area contributed by atoms with E-state index in [1.807, 2.05) is 6.92 Å². The fourth-order valence-electron chi connectivity index (χ4n) is 1.95. The molecule has 2 aromatic rings. The number of phenolic OH excluding ortho intramolecular Hbond substituents is 1. The van der Waals surface area contributed by atoms with Crippen LogP contribution in [-0.2, 0) is 0 Å². The highest BCUT2D eigenvalue weighted by Gasteiger charge is 2.07. The van der Waals surface area contributed by atoms with Crippen molar-refractivity contribution >= 4 is 11.6 Å². The summed E-state index contributed by atoms with van der Waals surface area (Å²) >= 11 is 0. The molecule has 0 aromatic heterocycles. The molecule has 0 saturated heterocycles. The standard InChI is InChI=1S/C17H18N2O3/c1-3-16(12-7-9-14(20)10-8-12)18-19-17(21)13-5-4-6-15(11-13)22-2/h4-11,20H,3H2,1-2H3,(H,19,21). The van der Waals surface area contributed by atoms with E-state index in [1.165, 1.54) is 0 Å². The van der Waals surface area contributed by atoms with Crippen LogP contribution in [0.3, 0.4) is 0 Å². The van der Waals surface area contributed by atoms with Crippen molar-refractivity contribution in [2.45, 2.75) is 13.3 Å². The third-order valence-corrected chi connectivity index (χ3v) is 3.16. The number of methoxy groups -OCH3 is 1. The smallest absolute Gasteiger partial charge is 0.271 e. The Morgan fingerprint density at radius 3 is 2.55 bits per heavy atom. The average Bonchev–Trinajstić information content (AvgIpc) is 2.56. The van der Waals surface area contributed by atoms with Gasteiger partial charge in [-0.2, -0.15) is 5.10 Å². The maximum atomic E-state index is 12.1. The van der Waals surface area contributed by atoms with Crippen molar-refractivity contribution in [3.63, 3.8) is 0 Å². The zero-order chi connectivity index (χ0) is 15.9. The topological polar surface area (TPSA) is 70.9 Å². The van der Waals surface area contributed by atoms with E-state index in [0.29, 0.717) is 17.7 Å². The molecule has 0 atom stereocenters. The molecule has 0 aliphatic carbocycles. The minimum Gasteiger partial charge on any atom is -0.508 e. The molecule has 1 amide bonds. The van der Waals surface area contributed by atoms with Gasteiger partial charge in [0, 0.05) is 5.56 Å². The van der Waals surface area contributed by atoms with Crippen molar-refractivity contribution in [2.75, 3.05) is 7.11 Å². The van der Waals surface area contributed by atoms with Crippen LogP contribution in [0.1, 0.15) is 29.3 Å². The Labute approximate surface area is 129 Å². The molecule has 0 aliphatic heterocycles. The van der Waals surface area contributed by atoms with Crippen molar-refractivity contribution in [3.8, 4) is 11.5 Å². The van der Waals surface area contributed by atoms with Gasteiger partial charge >= 0.3 is 0 Å². The van der Waals surface area contributed by atoms with E-state index in [4.69, 9.17) is 4.74 Å². The second-order valence-corrected chi connectivity index (χ2v) is 4.63. The van der Waals surface area contributed by atoms with E-state index in [2.05, 4.69) is 10.5 Å². The molecule has 0 saturated carbocycles. The van der Waals surface area contributed by atoms with Gasteiger partial charge in [-0.25, -0.2) is 5.43 Å². The molecule has 0 fully saturated rings. The first kappa shape index (κ1) is 15.6. The number of hydrogen-bond donors (Lipinski definition) is 2. The predicted octanol–water partition coefficient (Wildman–Crippen LogP) is 2.94. The van der Waals surface area contributed by atoms with Gasteiger partial charge < -0.3 is 9.84 Å². The number of nitrogens with one attached hydrogen (secondary N) is 1. The third kappa shape index (κ3) is 3.85. The summed E-state index contributed by atoms with van der Waals surface area (Å²) in [6.45, 7) is 1.95. The van der Waals surface area contributed by atoms with E-state index in [0.717, 1.165) is 11.3 Å².